The molecule has 2 nitrogen and oxygen atoms in total. The molecule has 0 amide bonds. The van der Waals surface area contributed by atoms with Gasteiger partial charge in [-0.25, -0.2) is 4.99 Å². The van der Waals surface area contributed by atoms with E-state index in [-0.39, 0.29) is 0 Å². The van der Waals surface area contributed by atoms with Gasteiger partial charge in [-0.2, -0.15) is 4.37 Å². The van der Waals surface area contributed by atoms with E-state index in [1.807, 2.05) is 11.6 Å². The Kier molecular flexibility index (Phi) is 0.729. The molecule has 0 N–H and O–H groups in total. The van der Waals surface area contributed by atoms with E-state index in [0.29, 0.717) is 0 Å². The summed E-state index contributed by atoms with van der Waals surface area (Å²) in [6.45, 7) is 0. The molecule has 0 aliphatic carbocycles. The zero-order valence-electron chi connectivity index (χ0n) is 4.16. The van der Waals surface area contributed by atoms with Crippen LogP contribution in [-0.4, -0.2) is 10.6 Å². The monoisotopic (exact) mass is 124 g/mol. The Morgan fingerprint density at radius 2 is 2.62 bits per heavy atom. The summed E-state index contributed by atoms with van der Waals surface area (Å²) < 4.78 is 4.04. The molecule has 3 heteroatoms. The molecular formula is C5H4N2S. The van der Waals surface area contributed by atoms with Gasteiger partial charge in [0.15, 0.2) is 5.82 Å². The molecule has 2 heterocycles. The molecule has 1 aliphatic rings. The van der Waals surface area contributed by atoms with Gasteiger partial charge >= 0.3 is 0 Å². The van der Waals surface area contributed by atoms with Crippen LogP contribution in [0.5, 0.6) is 0 Å². The van der Waals surface area contributed by atoms with Crippen LogP contribution in [0.3, 0.4) is 0 Å². The molecule has 0 atom stereocenters. The molecule has 2 rings (SSSR count). The SMILES string of the molecule is C1=Nc2nscc2C1. The third kappa shape index (κ3) is 0.419. The van der Waals surface area contributed by atoms with E-state index >= 15 is 0 Å². The van der Waals surface area contributed by atoms with Crippen LogP contribution in [0.1, 0.15) is 5.56 Å². The first-order valence-electron chi connectivity index (χ1n) is 2.42. The van der Waals surface area contributed by atoms with Crippen LogP contribution in [0.15, 0.2) is 10.4 Å². The fourth-order valence-corrected chi connectivity index (χ4v) is 1.37. The van der Waals surface area contributed by atoms with Gasteiger partial charge in [0.05, 0.1) is 0 Å². The first-order valence-corrected chi connectivity index (χ1v) is 3.26. The van der Waals surface area contributed by atoms with Crippen molar-refractivity contribution in [2.24, 2.45) is 4.99 Å². The molecule has 40 valence electrons. The molecule has 0 bridgehead atoms. The predicted molar refractivity (Wildman–Crippen MR) is 34.0 cm³/mol. The number of nitrogens with zero attached hydrogens (tertiary/aromatic N) is 2. The molecular weight excluding hydrogens is 120 g/mol. The van der Waals surface area contributed by atoms with Gasteiger partial charge in [0.25, 0.3) is 0 Å². The summed E-state index contributed by atoms with van der Waals surface area (Å²) >= 11 is 1.48. The molecule has 0 saturated heterocycles. The van der Waals surface area contributed by atoms with Gasteiger partial charge in [-0.05, 0) is 11.5 Å². The highest BCUT2D eigenvalue weighted by Crippen LogP contribution is 2.22. The molecule has 0 aromatic carbocycles. The molecule has 0 saturated carbocycles. The third-order valence-corrected chi connectivity index (χ3v) is 1.81. The predicted octanol–water partition coefficient (Wildman–Crippen LogP) is 1.40. The van der Waals surface area contributed by atoms with Crippen molar-refractivity contribution in [3.63, 3.8) is 0 Å². The lowest BCUT2D eigenvalue weighted by Gasteiger charge is -1.75. The minimum Gasteiger partial charge on any atom is -0.240 e. The van der Waals surface area contributed by atoms with Crippen LogP contribution < -0.4 is 0 Å². The highest BCUT2D eigenvalue weighted by molar-refractivity contribution is 7.04. The maximum Gasteiger partial charge on any atom is 0.168 e. The van der Waals surface area contributed by atoms with Crippen molar-refractivity contribution in [1.82, 2.24) is 4.37 Å². The smallest absolute Gasteiger partial charge is 0.168 e. The van der Waals surface area contributed by atoms with E-state index in [2.05, 4.69) is 9.37 Å². The second kappa shape index (κ2) is 1.39. The Morgan fingerprint density at radius 3 is 3.50 bits per heavy atom. The molecule has 1 aromatic heterocycles. The minimum atomic E-state index is 0.926. The quantitative estimate of drug-likeness (QED) is 0.513. The molecule has 8 heavy (non-hydrogen) atoms. The van der Waals surface area contributed by atoms with Crippen LogP contribution in [0, 0.1) is 0 Å². The average Bonchev–Trinajstić information content (AvgIpc) is 2.15. The van der Waals surface area contributed by atoms with E-state index in [1.54, 1.807) is 0 Å². The normalized spacial score (nSPS) is 14.5. The van der Waals surface area contributed by atoms with Crippen molar-refractivity contribution >= 4 is 23.6 Å². The van der Waals surface area contributed by atoms with E-state index in [0.717, 1.165) is 12.2 Å². The molecule has 0 fully saturated rings. The zero-order chi connectivity index (χ0) is 5.40. The van der Waals surface area contributed by atoms with Crippen molar-refractivity contribution in [2.45, 2.75) is 6.42 Å². The summed E-state index contributed by atoms with van der Waals surface area (Å²) in [6.07, 6.45) is 2.87. The van der Waals surface area contributed by atoms with Gasteiger partial charge in [0, 0.05) is 23.6 Å². The van der Waals surface area contributed by atoms with E-state index in [9.17, 15) is 0 Å². The standard InChI is InChI=1S/C5H4N2S/c1-2-6-5-4(1)3-8-7-5/h2-3H,1H2. The van der Waals surface area contributed by atoms with Crippen LogP contribution in [0.4, 0.5) is 5.82 Å². The van der Waals surface area contributed by atoms with Crippen molar-refractivity contribution in [3.8, 4) is 0 Å². The van der Waals surface area contributed by atoms with Crippen LogP contribution in [0.25, 0.3) is 0 Å². The zero-order valence-corrected chi connectivity index (χ0v) is 4.98. The van der Waals surface area contributed by atoms with Gasteiger partial charge in [-0.1, -0.05) is 0 Å². The Hall–Kier alpha value is -0.700. The Morgan fingerprint density at radius 1 is 1.62 bits per heavy atom. The maximum absolute atomic E-state index is 4.04. The van der Waals surface area contributed by atoms with Gasteiger partial charge in [0.1, 0.15) is 0 Å². The second-order valence-corrected chi connectivity index (χ2v) is 2.31. The largest absolute Gasteiger partial charge is 0.240 e. The number of hydrogen-bond acceptors (Lipinski definition) is 3. The first-order chi connectivity index (χ1) is 3.97. The van der Waals surface area contributed by atoms with Gasteiger partial charge in [-0.3, -0.25) is 0 Å². The Bertz CT molecular complexity index is 226. The summed E-state index contributed by atoms with van der Waals surface area (Å²) in [5.74, 6) is 0.926. The van der Waals surface area contributed by atoms with Crippen molar-refractivity contribution in [2.75, 3.05) is 0 Å². The summed E-state index contributed by atoms with van der Waals surface area (Å²) in [7, 11) is 0. The summed E-state index contributed by atoms with van der Waals surface area (Å²) in [5, 5.41) is 2.04. The number of aromatic nitrogens is 1. The highest BCUT2D eigenvalue weighted by atomic mass is 32.1. The van der Waals surface area contributed by atoms with Crippen molar-refractivity contribution in [1.29, 1.82) is 0 Å². The lowest BCUT2D eigenvalue weighted by atomic mass is 10.3. The Labute approximate surface area is 51.1 Å². The fourth-order valence-electron chi connectivity index (χ4n) is 0.728. The number of aliphatic imine (C=N–C) groups is 1. The van der Waals surface area contributed by atoms with E-state index in [4.69, 9.17) is 0 Å². The van der Waals surface area contributed by atoms with Gasteiger partial charge in [-0.15, -0.1) is 0 Å². The summed E-state index contributed by atoms with van der Waals surface area (Å²) in [6, 6.07) is 0. The lowest BCUT2D eigenvalue weighted by molar-refractivity contribution is 1.40. The van der Waals surface area contributed by atoms with Crippen molar-refractivity contribution in [3.05, 3.63) is 10.9 Å². The van der Waals surface area contributed by atoms with Crippen LogP contribution >= 0.6 is 11.5 Å². The molecule has 0 spiro atoms. The molecule has 0 radical (unpaired) electrons. The Balaban J connectivity index is 2.67. The van der Waals surface area contributed by atoms with Crippen LogP contribution in [-0.2, 0) is 6.42 Å². The van der Waals surface area contributed by atoms with Crippen molar-refractivity contribution < 1.29 is 0 Å². The molecule has 1 aliphatic heterocycles. The van der Waals surface area contributed by atoms with Gasteiger partial charge < -0.3 is 0 Å². The maximum atomic E-state index is 4.04. The highest BCUT2D eigenvalue weighted by Gasteiger charge is 2.06. The number of rotatable bonds is 0. The summed E-state index contributed by atoms with van der Waals surface area (Å²) in [4.78, 5) is 4.03. The lowest BCUT2D eigenvalue weighted by Crippen LogP contribution is -1.70. The first kappa shape index (κ1) is 4.21. The average molecular weight is 124 g/mol. The summed E-state index contributed by atoms with van der Waals surface area (Å²) in [5.41, 5.74) is 1.27. The van der Waals surface area contributed by atoms with E-state index in [1.165, 1.54) is 17.1 Å². The van der Waals surface area contributed by atoms with E-state index < -0.39 is 0 Å². The second-order valence-electron chi connectivity index (χ2n) is 1.68. The number of fused-ring (bicyclic) bond motifs is 1. The van der Waals surface area contributed by atoms with Crippen LogP contribution in [0.2, 0.25) is 0 Å². The molecule has 0 unspecified atom stereocenters. The fraction of sp³-hybridized carbons (Fsp3) is 0.200. The third-order valence-electron chi connectivity index (χ3n) is 1.15. The topological polar surface area (TPSA) is 25.2 Å². The molecule has 1 aromatic rings. The van der Waals surface area contributed by atoms with Gasteiger partial charge in [0.2, 0.25) is 0 Å². The number of hydrogen-bond donors (Lipinski definition) is 0. The minimum absolute atomic E-state index is 0.926.